The monoisotopic (exact) mass is 472 g/mol. The van der Waals surface area contributed by atoms with Crippen LogP contribution in [-0.2, 0) is 24.0 Å². The predicted molar refractivity (Wildman–Crippen MR) is 120 cm³/mol. The quantitative estimate of drug-likeness (QED) is 0.0678. The van der Waals surface area contributed by atoms with E-state index in [0.717, 1.165) is 0 Å². The molecule has 14 nitrogen and oxygen atoms in total. The normalized spacial score (nSPS) is 14.3. The zero-order chi connectivity index (χ0) is 25.7. The van der Waals surface area contributed by atoms with Crippen LogP contribution < -0.4 is 38.9 Å². The van der Waals surface area contributed by atoms with Crippen LogP contribution in [0.15, 0.2) is 4.99 Å². The molecular weight excluding hydrogens is 436 g/mol. The van der Waals surface area contributed by atoms with Crippen molar-refractivity contribution in [3.63, 3.8) is 0 Å². The van der Waals surface area contributed by atoms with Gasteiger partial charge in [0.2, 0.25) is 23.6 Å². The van der Waals surface area contributed by atoms with Gasteiger partial charge in [0.1, 0.15) is 18.1 Å². The van der Waals surface area contributed by atoms with Gasteiger partial charge >= 0.3 is 5.97 Å². The lowest BCUT2D eigenvalue weighted by Crippen LogP contribution is -2.58. The number of hydrogen-bond acceptors (Lipinski definition) is 7. The molecule has 0 bridgehead atoms. The number of carbonyl (C=O) groups is 5. The molecule has 0 aliphatic carbocycles. The van der Waals surface area contributed by atoms with Crippen LogP contribution in [0.1, 0.15) is 46.5 Å². The molecule has 0 saturated carbocycles. The van der Waals surface area contributed by atoms with Crippen LogP contribution in [0.2, 0.25) is 0 Å². The van der Waals surface area contributed by atoms with Gasteiger partial charge in [-0.05, 0) is 32.1 Å². The summed E-state index contributed by atoms with van der Waals surface area (Å²) in [5.41, 5.74) is 21.1. The molecule has 0 radical (unpaired) electrons. The largest absolute Gasteiger partial charge is 0.480 e. The number of aliphatic imine (C=N–C) groups is 1. The van der Waals surface area contributed by atoms with E-state index in [4.69, 9.17) is 22.9 Å². The number of amides is 4. The number of guanidine groups is 1. The number of carboxylic acids is 1. The van der Waals surface area contributed by atoms with E-state index >= 15 is 0 Å². The molecule has 4 amide bonds. The molecule has 0 rings (SSSR count). The molecule has 4 unspecified atom stereocenters. The number of nitrogens with two attached hydrogens (primary N) is 4. The first-order valence-electron chi connectivity index (χ1n) is 10.5. The summed E-state index contributed by atoms with van der Waals surface area (Å²) in [6.45, 7) is 5.03. The van der Waals surface area contributed by atoms with Gasteiger partial charge in [-0.15, -0.1) is 0 Å². The molecule has 33 heavy (non-hydrogen) atoms. The minimum Gasteiger partial charge on any atom is -0.480 e. The summed E-state index contributed by atoms with van der Waals surface area (Å²) in [6, 6.07) is -4.38. The lowest BCUT2D eigenvalue weighted by atomic mass is 10.0. The summed E-state index contributed by atoms with van der Waals surface area (Å²) >= 11 is 0. The molecule has 0 aliphatic heterocycles. The number of carbonyl (C=O) groups excluding carboxylic acids is 4. The summed E-state index contributed by atoms with van der Waals surface area (Å²) < 4.78 is 0. The Morgan fingerprint density at radius 1 is 0.848 bits per heavy atom. The minimum absolute atomic E-state index is 0.0720. The molecule has 188 valence electrons. The van der Waals surface area contributed by atoms with E-state index in [2.05, 4.69) is 20.9 Å². The highest BCUT2D eigenvalue weighted by Gasteiger charge is 2.31. The molecule has 0 aromatic carbocycles. The fourth-order valence-corrected chi connectivity index (χ4v) is 2.67. The van der Waals surface area contributed by atoms with Crippen molar-refractivity contribution >= 4 is 35.6 Å². The smallest absolute Gasteiger partial charge is 0.326 e. The summed E-state index contributed by atoms with van der Waals surface area (Å²) in [5.74, 6) is -4.54. The van der Waals surface area contributed by atoms with E-state index in [1.54, 1.807) is 13.8 Å². The van der Waals surface area contributed by atoms with Crippen molar-refractivity contribution in [3.8, 4) is 0 Å². The van der Waals surface area contributed by atoms with Gasteiger partial charge in [-0.2, -0.15) is 0 Å². The summed E-state index contributed by atoms with van der Waals surface area (Å²) in [6.07, 6.45) is -0.113. The molecule has 0 aromatic heterocycles. The van der Waals surface area contributed by atoms with Crippen LogP contribution in [0, 0.1) is 5.92 Å². The van der Waals surface area contributed by atoms with Crippen LogP contribution in [-0.4, -0.2) is 71.4 Å². The zero-order valence-corrected chi connectivity index (χ0v) is 19.2. The maximum absolute atomic E-state index is 12.8. The molecule has 0 aliphatic rings. The first-order valence-corrected chi connectivity index (χ1v) is 10.5. The van der Waals surface area contributed by atoms with Crippen LogP contribution in [0.5, 0.6) is 0 Å². The third kappa shape index (κ3) is 12.3. The Hall–Kier alpha value is -3.42. The van der Waals surface area contributed by atoms with Gasteiger partial charge in [0, 0.05) is 13.0 Å². The van der Waals surface area contributed by atoms with Gasteiger partial charge in [0.05, 0.1) is 6.04 Å². The number of nitrogens with zero attached hydrogens (tertiary/aromatic N) is 1. The predicted octanol–water partition coefficient (Wildman–Crippen LogP) is -3.15. The van der Waals surface area contributed by atoms with E-state index in [9.17, 15) is 29.1 Å². The van der Waals surface area contributed by atoms with E-state index in [1.165, 1.54) is 6.92 Å². The van der Waals surface area contributed by atoms with E-state index < -0.39 is 53.8 Å². The first-order chi connectivity index (χ1) is 15.3. The number of primary amides is 1. The fraction of sp³-hybridized carbons (Fsp3) is 0.684. The molecule has 0 saturated heterocycles. The number of rotatable bonds is 15. The molecule has 0 spiro atoms. The molecular formula is C19H36N8O6. The molecule has 0 aromatic rings. The van der Waals surface area contributed by atoms with Crippen molar-refractivity contribution in [2.24, 2.45) is 33.8 Å². The Bertz CT molecular complexity index is 736. The Morgan fingerprint density at radius 2 is 1.42 bits per heavy atom. The average Bonchev–Trinajstić information content (AvgIpc) is 2.69. The third-order valence-corrected chi connectivity index (χ3v) is 4.53. The van der Waals surface area contributed by atoms with E-state index in [1.807, 2.05) is 0 Å². The van der Waals surface area contributed by atoms with Crippen LogP contribution in [0.25, 0.3) is 0 Å². The van der Waals surface area contributed by atoms with Crippen LogP contribution in [0.3, 0.4) is 0 Å². The van der Waals surface area contributed by atoms with Gasteiger partial charge in [0.25, 0.3) is 0 Å². The second-order valence-electron chi connectivity index (χ2n) is 7.93. The maximum atomic E-state index is 12.8. The Balaban J connectivity index is 5.51. The standard InChI is InChI=1S/C19H36N8O6/c1-9(2)14(27-15(29)10(3)20)17(31)25-11(5-4-8-24-19(22)23)16(30)26-12(18(32)33)6-7-13(21)28/h9-12,14H,4-8,20H2,1-3H3,(H2,21,28)(H,25,31)(H,26,30)(H,27,29)(H,32,33)(H4,22,23,24). The highest BCUT2D eigenvalue weighted by atomic mass is 16.4. The second kappa shape index (κ2) is 14.6. The number of carboxylic acid groups (broad SMARTS) is 1. The van der Waals surface area contributed by atoms with Gasteiger partial charge in [-0.3, -0.25) is 24.2 Å². The maximum Gasteiger partial charge on any atom is 0.326 e. The SMILES string of the molecule is CC(N)C(=O)NC(C(=O)NC(CCCN=C(N)N)C(=O)NC(CCC(N)=O)C(=O)O)C(C)C. The van der Waals surface area contributed by atoms with Crippen molar-refractivity contribution in [3.05, 3.63) is 0 Å². The lowest BCUT2D eigenvalue weighted by Gasteiger charge is -2.26. The van der Waals surface area contributed by atoms with E-state index in [-0.39, 0.29) is 44.1 Å². The molecule has 0 heterocycles. The average molecular weight is 473 g/mol. The van der Waals surface area contributed by atoms with Crippen molar-refractivity contribution in [2.75, 3.05) is 6.54 Å². The van der Waals surface area contributed by atoms with Crippen LogP contribution >= 0.6 is 0 Å². The summed E-state index contributed by atoms with van der Waals surface area (Å²) in [4.78, 5) is 63.8. The molecule has 14 heteroatoms. The third-order valence-electron chi connectivity index (χ3n) is 4.53. The van der Waals surface area contributed by atoms with Crippen LogP contribution in [0.4, 0.5) is 0 Å². The van der Waals surface area contributed by atoms with Gasteiger partial charge in [0.15, 0.2) is 5.96 Å². The molecule has 0 fully saturated rings. The Kier molecular flexibility index (Phi) is 13.1. The number of nitrogens with one attached hydrogen (secondary N) is 3. The van der Waals surface area contributed by atoms with Crippen molar-refractivity contribution in [1.29, 1.82) is 0 Å². The lowest BCUT2D eigenvalue weighted by molar-refractivity contribution is -0.142. The van der Waals surface area contributed by atoms with E-state index in [0.29, 0.717) is 0 Å². The summed E-state index contributed by atoms with van der Waals surface area (Å²) in [7, 11) is 0. The Morgan fingerprint density at radius 3 is 1.88 bits per heavy atom. The number of aliphatic carboxylic acids is 1. The van der Waals surface area contributed by atoms with Crippen molar-refractivity contribution < 1.29 is 29.1 Å². The second-order valence-corrected chi connectivity index (χ2v) is 7.93. The zero-order valence-electron chi connectivity index (χ0n) is 19.2. The van der Waals surface area contributed by atoms with Crippen molar-refractivity contribution in [2.45, 2.75) is 70.6 Å². The topological polar surface area (TPSA) is 258 Å². The molecule has 4 atom stereocenters. The van der Waals surface area contributed by atoms with Crippen molar-refractivity contribution in [1.82, 2.24) is 16.0 Å². The molecule has 12 N–H and O–H groups in total. The van der Waals surface area contributed by atoms with Gasteiger partial charge in [-0.1, -0.05) is 13.8 Å². The first kappa shape index (κ1) is 29.6. The highest BCUT2D eigenvalue weighted by Crippen LogP contribution is 2.07. The van der Waals surface area contributed by atoms with Gasteiger partial charge < -0.3 is 44.0 Å². The highest BCUT2D eigenvalue weighted by molar-refractivity contribution is 5.94. The Labute approximate surface area is 192 Å². The number of hydrogen-bond donors (Lipinski definition) is 8. The van der Waals surface area contributed by atoms with Gasteiger partial charge in [-0.25, -0.2) is 4.79 Å². The summed E-state index contributed by atoms with van der Waals surface area (Å²) in [5, 5.41) is 16.7. The fourth-order valence-electron chi connectivity index (χ4n) is 2.67. The minimum atomic E-state index is -1.39.